The lowest BCUT2D eigenvalue weighted by Gasteiger charge is -2.43. The summed E-state index contributed by atoms with van der Waals surface area (Å²) in [4.78, 5) is 22.1. The van der Waals surface area contributed by atoms with E-state index in [1.165, 1.54) is 37.9 Å². The van der Waals surface area contributed by atoms with Gasteiger partial charge in [-0.25, -0.2) is 0 Å². The van der Waals surface area contributed by atoms with Crippen LogP contribution in [0.2, 0.25) is 0 Å². The molecule has 0 spiro atoms. The SMILES string of the molecule is C=C(C)CC[C@@H](C)N1CCC(N2CCC(C(=O)NCc3ccccn3)CC2)CC1. The molecular weight excluding hydrogens is 360 g/mol. The number of aromatic nitrogens is 1. The number of allylic oxidation sites excluding steroid dienone is 1. The minimum Gasteiger partial charge on any atom is -0.350 e. The molecule has 0 aliphatic carbocycles. The molecule has 1 aromatic heterocycles. The van der Waals surface area contributed by atoms with Crippen LogP contribution in [0.25, 0.3) is 0 Å². The minimum absolute atomic E-state index is 0.150. The van der Waals surface area contributed by atoms with Crippen molar-refractivity contribution in [3.8, 4) is 0 Å². The Labute approximate surface area is 176 Å². The summed E-state index contributed by atoms with van der Waals surface area (Å²) in [5, 5.41) is 3.07. The highest BCUT2D eigenvalue weighted by atomic mass is 16.1. The molecule has 5 nitrogen and oxygen atoms in total. The Hall–Kier alpha value is -1.72. The topological polar surface area (TPSA) is 48.5 Å². The van der Waals surface area contributed by atoms with Crippen molar-refractivity contribution in [2.24, 2.45) is 5.92 Å². The van der Waals surface area contributed by atoms with E-state index in [1.54, 1.807) is 6.20 Å². The summed E-state index contributed by atoms with van der Waals surface area (Å²) in [5.41, 5.74) is 2.21. The van der Waals surface area contributed by atoms with E-state index < -0.39 is 0 Å². The van der Waals surface area contributed by atoms with Crippen LogP contribution in [0, 0.1) is 5.92 Å². The van der Waals surface area contributed by atoms with Gasteiger partial charge in [-0.05, 0) is 90.7 Å². The molecule has 0 saturated carbocycles. The van der Waals surface area contributed by atoms with Crippen molar-refractivity contribution < 1.29 is 4.79 Å². The molecule has 3 rings (SSSR count). The van der Waals surface area contributed by atoms with E-state index in [0.29, 0.717) is 18.6 Å². The largest absolute Gasteiger partial charge is 0.350 e. The number of pyridine rings is 1. The predicted octanol–water partition coefficient (Wildman–Crippen LogP) is 3.62. The third-order valence-electron chi connectivity index (χ3n) is 6.70. The monoisotopic (exact) mass is 398 g/mol. The number of nitrogens with zero attached hydrogens (tertiary/aromatic N) is 3. The van der Waals surface area contributed by atoms with E-state index >= 15 is 0 Å². The van der Waals surface area contributed by atoms with Crippen LogP contribution in [0.15, 0.2) is 36.5 Å². The summed E-state index contributed by atoms with van der Waals surface area (Å²) in [5.74, 6) is 0.341. The first-order valence-corrected chi connectivity index (χ1v) is 11.3. The second-order valence-electron chi connectivity index (χ2n) is 8.96. The van der Waals surface area contributed by atoms with Crippen LogP contribution in [0.1, 0.15) is 58.1 Å². The molecule has 1 N–H and O–H groups in total. The smallest absolute Gasteiger partial charge is 0.223 e. The Morgan fingerprint density at radius 3 is 2.55 bits per heavy atom. The molecule has 2 saturated heterocycles. The van der Waals surface area contributed by atoms with Crippen LogP contribution in [0.3, 0.4) is 0 Å². The maximum absolute atomic E-state index is 12.5. The zero-order chi connectivity index (χ0) is 20.6. The van der Waals surface area contributed by atoms with Crippen LogP contribution < -0.4 is 5.32 Å². The number of hydrogen-bond acceptors (Lipinski definition) is 4. The Balaban J connectivity index is 1.35. The van der Waals surface area contributed by atoms with Crippen LogP contribution in [-0.4, -0.2) is 59.0 Å². The molecule has 1 aromatic rings. The molecule has 0 radical (unpaired) electrons. The van der Waals surface area contributed by atoms with Crippen molar-refractivity contribution in [1.82, 2.24) is 20.1 Å². The molecule has 1 atom stereocenters. The quantitative estimate of drug-likeness (QED) is 0.680. The Morgan fingerprint density at radius 2 is 1.93 bits per heavy atom. The number of carbonyl (C=O) groups excluding carboxylic acids is 1. The first-order valence-electron chi connectivity index (χ1n) is 11.3. The lowest BCUT2D eigenvalue weighted by atomic mass is 9.92. The Morgan fingerprint density at radius 1 is 1.21 bits per heavy atom. The fourth-order valence-electron chi connectivity index (χ4n) is 4.68. The summed E-state index contributed by atoms with van der Waals surface area (Å²) in [6.45, 7) is 13.6. The fraction of sp³-hybridized carbons (Fsp3) is 0.667. The molecular formula is C24H38N4O. The van der Waals surface area contributed by atoms with Crippen LogP contribution in [-0.2, 0) is 11.3 Å². The standard InChI is InChI=1S/C24H38N4O/c1-19(2)7-8-20(3)27-16-11-23(12-17-27)28-14-9-21(10-15-28)24(29)26-18-22-6-4-5-13-25-22/h4-6,13,20-21,23H,1,7-12,14-18H2,2-3H3,(H,26,29)/t20-/m1/s1. The van der Waals surface area contributed by atoms with Crippen molar-refractivity contribution in [3.05, 3.63) is 42.2 Å². The highest BCUT2D eigenvalue weighted by Gasteiger charge is 2.31. The third kappa shape index (κ3) is 6.65. The van der Waals surface area contributed by atoms with E-state index in [4.69, 9.17) is 0 Å². The van der Waals surface area contributed by atoms with E-state index in [1.807, 2.05) is 18.2 Å². The van der Waals surface area contributed by atoms with Crippen molar-refractivity contribution >= 4 is 5.91 Å². The normalized spacial score (nSPS) is 21.0. The highest BCUT2D eigenvalue weighted by molar-refractivity contribution is 5.78. The van der Waals surface area contributed by atoms with Crippen LogP contribution in [0.5, 0.6) is 0 Å². The van der Waals surface area contributed by atoms with E-state index in [0.717, 1.165) is 38.0 Å². The molecule has 0 unspecified atom stereocenters. The average molecular weight is 399 g/mol. The molecule has 5 heteroatoms. The van der Waals surface area contributed by atoms with Crippen molar-refractivity contribution in [3.63, 3.8) is 0 Å². The number of piperidine rings is 2. The first kappa shape index (κ1) is 22.0. The predicted molar refractivity (Wildman–Crippen MR) is 118 cm³/mol. The minimum atomic E-state index is 0.150. The maximum Gasteiger partial charge on any atom is 0.223 e. The van der Waals surface area contributed by atoms with Crippen molar-refractivity contribution in [2.45, 2.75) is 71.0 Å². The summed E-state index contributed by atoms with van der Waals surface area (Å²) < 4.78 is 0. The van der Waals surface area contributed by atoms with Crippen molar-refractivity contribution in [2.75, 3.05) is 26.2 Å². The molecule has 160 valence electrons. The van der Waals surface area contributed by atoms with E-state index in [2.05, 4.69) is 40.5 Å². The maximum atomic E-state index is 12.5. The van der Waals surface area contributed by atoms with E-state index in [-0.39, 0.29) is 11.8 Å². The van der Waals surface area contributed by atoms with Gasteiger partial charge in [0.2, 0.25) is 5.91 Å². The number of likely N-dealkylation sites (tertiary alicyclic amines) is 2. The molecule has 0 aromatic carbocycles. The Bertz CT molecular complexity index is 646. The second-order valence-corrected chi connectivity index (χ2v) is 8.96. The number of hydrogen-bond donors (Lipinski definition) is 1. The van der Waals surface area contributed by atoms with Crippen LogP contribution >= 0.6 is 0 Å². The van der Waals surface area contributed by atoms with E-state index in [9.17, 15) is 4.79 Å². The highest BCUT2D eigenvalue weighted by Crippen LogP contribution is 2.25. The van der Waals surface area contributed by atoms with Gasteiger partial charge in [-0.15, -0.1) is 6.58 Å². The van der Waals surface area contributed by atoms with Crippen LogP contribution in [0.4, 0.5) is 0 Å². The molecule has 1 amide bonds. The van der Waals surface area contributed by atoms with Gasteiger partial charge in [0.1, 0.15) is 0 Å². The number of carbonyl (C=O) groups is 1. The molecule has 2 aliphatic rings. The van der Waals surface area contributed by atoms with Gasteiger partial charge in [0, 0.05) is 24.2 Å². The van der Waals surface area contributed by atoms with Gasteiger partial charge in [0.05, 0.1) is 12.2 Å². The molecule has 2 aliphatic heterocycles. The lowest BCUT2D eigenvalue weighted by Crippen LogP contribution is -2.50. The van der Waals surface area contributed by atoms with Gasteiger partial charge in [-0.3, -0.25) is 9.78 Å². The van der Waals surface area contributed by atoms with Gasteiger partial charge in [-0.2, -0.15) is 0 Å². The number of nitrogens with one attached hydrogen (secondary N) is 1. The molecule has 2 fully saturated rings. The van der Waals surface area contributed by atoms with Gasteiger partial charge >= 0.3 is 0 Å². The van der Waals surface area contributed by atoms with Crippen molar-refractivity contribution in [1.29, 1.82) is 0 Å². The van der Waals surface area contributed by atoms with Gasteiger partial charge < -0.3 is 15.1 Å². The molecule has 0 bridgehead atoms. The number of amides is 1. The average Bonchev–Trinajstić information content (AvgIpc) is 2.76. The summed E-state index contributed by atoms with van der Waals surface area (Å²) in [7, 11) is 0. The second kappa shape index (κ2) is 10.9. The summed E-state index contributed by atoms with van der Waals surface area (Å²) in [6, 6.07) is 7.15. The summed E-state index contributed by atoms with van der Waals surface area (Å²) >= 11 is 0. The van der Waals surface area contributed by atoms with Gasteiger partial charge in [0.25, 0.3) is 0 Å². The zero-order valence-electron chi connectivity index (χ0n) is 18.3. The lowest BCUT2D eigenvalue weighted by molar-refractivity contribution is -0.126. The number of rotatable bonds is 8. The first-order chi connectivity index (χ1) is 14.0. The zero-order valence-corrected chi connectivity index (χ0v) is 18.3. The Kier molecular flexibility index (Phi) is 8.25. The molecule has 3 heterocycles. The molecule has 29 heavy (non-hydrogen) atoms. The van der Waals surface area contributed by atoms with Gasteiger partial charge in [0.15, 0.2) is 0 Å². The fourth-order valence-corrected chi connectivity index (χ4v) is 4.68. The van der Waals surface area contributed by atoms with Gasteiger partial charge in [-0.1, -0.05) is 11.6 Å². The third-order valence-corrected chi connectivity index (χ3v) is 6.70. The summed E-state index contributed by atoms with van der Waals surface area (Å²) in [6.07, 6.45) is 8.59.